The van der Waals surface area contributed by atoms with E-state index in [-0.39, 0.29) is 11.5 Å². The number of hydrogen-bond donors (Lipinski definition) is 1. The van der Waals surface area contributed by atoms with Crippen LogP contribution in [-0.4, -0.2) is 19.7 Å². The second-order valence-corrected chi connectivity index (χ2v) is 4.36. The van der Waals surface area contributed by atoms with E-state index >= 15 is 0 Å². The number of aryl methyl sites for hydroxylation is 1. The zero-order valence-electron chi connectivity index (χ0n) is 10.8. The molecule has 0 aliphatic carbocycles. The summed E-state index contributed by atoms with van der Waals surface area (Å²) < 4.78 is 15.3. The summed E-state index contributed by atoms with van der Waals surface area (Å²) in [4.78, 5) is 7.72. The van der Waals surface area contributed by atoms with Crippen LogP contribution in [-0.2, 0) is 0 Å². The lowest BCUT2D eigenvalue weighted by Gasteiger charge is -2.03. The lowest BCUT2D eigenvalue weighted by Crippen LogP contribution is -2.04. The van der Waals surface area contributed by atoms with Crippen LogP contribution in [0.25, 0.3) is 16.9 Å². The molecule has 6 heteroatoms. The molecule has 2 aromatic heterocycles. The molecule has 0 bridgehead atoms. The van der Waals surface area contributed by atoms with Gasteiger partial charge in [-0.15, -0.1) is 0 Å². The van der Waals surface area contributed by atoms with Gasteiger partial charge in [0.05, 0.1) is 11.9 Å². The van der Waals surface area contributed by atoms with Gasteiger partial charge in [0.25, 0.3) is 0 Å². The SMILES string of the molecule is Cc1ncnc(-n2cc(-c3ccccc3N)cn2)c1F. The Morgan fingerprint density at radius 3 is 2.80 bits per heavy atom. The van der Waals surface area contributed by atoms with Crippen molar-refractivity contribution in [2.45, 2.75) is 6.92 Å². The molecule has 20 heavy (non-hydrogen) atoms. The Balaban J connectivity index is 2.07. The second kappa shape index (κ2) is 4.73. The first-order chi connectivity index (χ1) is 9.66. The molecule has 5 nitrogen and oxygen atoms in total. The molecule has 100 valence electrons. The van der Waals surface area contributed by atoms with Crippen molar-refractivity contribution in [2.75, 3.05) is 5.73 Å². The summed E-state index contributed by atoms with van der Waals surface area (Å²) in [7, 11) is 0. The zero-order valence-corrected chi connectivity index (χ0v) is 10.8. The van der Waals surface area contributed by atoms with Crippen molar-refractivity contribution in [2.24, 2.45) is 0 Å². The Labute approximate surface area is 114 Å². The minimum atomic E-state index is -0.483. The van der Waals surface area contributed by atoms with Crippen LogP contribution in [0.1, 0.15) is 5.69 Å². The highest BCUT2D eigenvalue weighted by atomic mass is 19.1. The van der Waals surface area contributed by atoms with Gasteiger partial charge < -0.3 is 5.73 Å². The van der Waals surface area contributed by atoms with Crippen molar-refractivity contribution in [3.63, 3.8) is 0 Å². The summed E-state index contributed by atoms with van der Waals surface area (Å²) >= 11 is 0. The predicted octanol–water partition coefficient (Wildman–Crippen LogP) is 2.36. The van der Waals surface area contributed by atoms with Crippen LogP contribution in [0.4, 0.5) is 10.1 Å². The van der Waals surface area contributed by atoms with Crippen LogP contribution in [0.15, 0.2) is 43.0 Å². The van der Waals surface area contributed by atoms with Gasteiger partial charge in [-0.25, -0.2) is 19.0 Å². The molecule has 0 fully saturated rings. The van der Waals surface area contributed by atoms with E-state index in [0.717, 1.165) is 11.1 Å². The monoisotopic (exact) mass is 269 g/mol. The molecule has 2 heterocycles. The summed E-state index contributed by atoms with van der Waals surface area (Å²) in [6.45, 7) is 1.58. The predicted molar refractivity (Wildman–Crippen MR) is 73.7 cm³/mol. The van der Waals surface area contributed by atoms with E-state index in [4.69, 9.17) is 5.73 Å². The fraction of sp³-hybridized carbons (Fsp3) is 0.0714. The molecule has 1 aromatic carbocycles. The second-order valence-electron chi connectivity index (χ2n) is 4.36. The van der Waals surface area contributed by atoms with E-state index < -0.39 is 5.82 Å². The molecule has 0 atom stereocenters. The third kappa shape index (κ3) is 2.01. The van der Waals surface area contributed by atoms with Crippen LogP contribution in [0.3, 0.4) is 0 Å². The third-order valence-electron chi connectivity index (χ3n) is 3.02. The van der Waals surface area contributed by atoms with E-state index in [0.29, 0.717) is 5.69 Å². The number of nitrogens with two attached hydrogens (primary N) is 1. The molecule has 0 saturated carbocycles. The number of rotatable bonds is 2. The smallest absolute Gasteiger partial charge is 0.193 e. The van der Waals surface area contributed by atoms with Crippen molar-refractivity contribution >= 4 is 5.69 Å². The minimum absolute atomic E-state index is 0.123. The minimum Gasteiger partial charge on any atom is -0.398 e. The van der Waals surface area contributed by atoms with Gasteiger partial charge in [-0.1, -0.05) is 18.2 Å². The van der Waals surface area contributed by atoms with Crippen LogP contribution in [0.2, 0.25) is 0 Å². The number of para-hydroxylation sites is 1. The number of aromatic nitrogens is 4. The first kappa shape index (κ1) is 12.3. The summed E-state index contributed by atoms with van der Waals surface area (Å²) in [5.74, 6) is -0.360. The van der Waals surface area contributed by atoms with E-state index in [1.54, 1.807) is 19.3 Å². The quantitative estimate of drug-likeness (QED) is 0.725. The van der Waals surface area contributed by atoms with Crippen LogP contribution >= 0.6 is 0 Å². The molecule has 0 saturated heterocycles. The molecular formula is C14H12FN5. The van der Waals surface area contributed by atoms with Crippen LogP contribution in [0.5, 0.6) is 0 Å². The van der Waals surface area contributed by atoms with Gasteiger partial charge in [-0.3, -0.25) is 0 Å². The van der Waals surface area contributed by atoms with Crippen molar-refractivity contribution < 1.29 is 4.39 Å². The molecule has 3 aromatic rings. The van der Waals surface area contributed by atoms with Gasteiger partial charge in [0.1, 0.15) is 6.33 Å². The Hall–Kier alpha value is -2.76. The van der Waals surface area contributed by atoms with Crippen molar-refractivity contribution in [1.82, 2.24) is 19.7 Å². The lowest BCUT2D eigenvalue weighted by atomic mass is 10.1. The topological polar surface area (TPSA) is 69.6 Å². The molecule has 0 unspecified atom stereocenters. The standard InChI is InChI=1S/C14H12FN5/c1-9-13(15)14(18-8-17-9)20-7-10(6-19-20)11-4-2-3-5-12(11)16/h2-8H,16H2,1H3. The van der Waals surface area contributed by atoms with Crippen molar-refractivity contribution in [1.29, 1.82) is 0 Å². The summed E-state index contributed by atoms with van der Waals surface area (Å²) in [5, 5.41) is 4.14. The van der Waals surface area contributed by atoms with Gasteiger partial charge in [0, 0.05) is 23.0 Å². The highest BCUT2D eigenvalue weighted by Crippen LogP contribution is 2.25. The zero-order chi connectivity index (χ0) is 14.1. The average molecular weight is 269 g/mol. The molecule has 0 radical (unpaired) electrons. The molecule has 0 aliphatic rings. The maximum Gasteiger partial charge on any atom is 0.193 e. The molecule has 0 amide bonds. The maximum absolute atomic E-state index is 14.0. The Morgan fingerprint density at radius 1 is 1.20 bits per heavy atom. The normalized spacial score (nSPS) is 10.7. The number of nitrogens with zero attached hydrogens (tertiary/aromatic N) is 4. The van der Waals surface area contributed by atoms with Gasteiger partial charge >= 0.3 is 0 Å². The van der Waals surface area contributed by atoms with Crippen molar-refractivity contribution in [3.8, 4) is 16.9 Å². The highest BCUT2D eigenvalue weighted by molar-refractivity contribution is 5.75. The Bertz CT molecular complexity index is 766. The maximum atomic E-state index is 14.0. The third-order valence-corrected chi connectivity index (χ3v) is 3.02. The fourth-order valence-corrected chi connectivity index (χ4v) is 1.94. The molecule has 3 rings (SSSR count). The fourth-order valence-electron chi connectivity index (χ4n) is 1.94. The van der Waals surface area contributed by atoms with E-state index in [1.165, 1.54) is 11.0 Å². The number of anilines is 1. The number of halogens is 1. The van der Waals surface area contributed by atoms with E-state index in [2.05, 4.69) is 15.1 Å². The summed E-state index contributed by atoms with van der Waals surface area (Å²) in [5.41, 5.74) is 8.50. The van der Waals surface area contributed by atoms with Crippen LogP contribution < -0.4 is 5.73 Å². The molecule has 2 N–H and O–H groups in total. The highest BCUT2D eigenvalue weighted by Gasteiger charge is 2.12. The lowest BCUT2D eigenvalue weighted by molar-refractivity contribution is 0.581. The first-order valence-electron chi connectivity index (χ1n) is 6.04. The first-order valence-corrected chi connectivity index (χ1v) is 6.04. The average Bonchev–Trinajstić information content (AvgIpc) is 2.92. The summed E-state index contributed by atoms with van der Waals surface area (Å²) in [6.07, 6.45) is 4.63. The van der Waals surface area contributed by atoms with Gasteiger partial charge in [-0.2, -0.15) is 5.10 Å². The van der Waals surface area contributed by atoms with Gasteiger partial charge in [0.2, 0.25) is 0 Å². The molecule has 0 aliphatic heterocycles. The van der Waals surface area contributed by atoms with E-state index in [9.17, 15) is 4.39 Å². The molecule has 0 spiro atoms. The van der Waals surface area contributed by atoms with E-state index in [1.807, 2.05) is 24.3 Å². The van der Waals surface area contributed by atoms with Gasteiger partial charge in [0.15, 0.2) is 11.6 Å². The number of benzene rings is 1. The number of hydrogen-bond acceptors (Lipinski definition) is 4. The Kier molecular flexibility index (Phi) is 2.90. The largest absolute Gasteiger partial charge is 0.398 e. The van der Waals surface area contributed by atoms with Crippen LogP contribution in [0, 0.1) is 12.7 Å². The number of nitrogen functional groups attached to an aromatic ring is 1. The van der Waals surface area contributed by atoms with Crippen molar-refractivity contribution in [3.05, 3.63) is 54.5 Å². The van der Waals surface area contributed by atoms with Gasteiger partial charge in [-0.05, 0) is 13.0 Å². The summed E-state index contributed by atoms with van der Waals surface area (Å²) in [6, 6.07) is 7.44. The Morgan fingerprint density at radius 2 is 2.00 bits per heavy atom. The molecular weight excluding hydrogens is 257 g/mol.